The van der Waals surface area contributed by atoms with Crippen molar-refractivity contribution in [3.05, 3.63) is 65.5 Å². The van der Waals surface area contributed by atoms with Crippen LogP contribution in [0.5, 0.6) is 0 Å². The summed E-state index contributed by atoms with van der Waals surface area (Å²) >= 11 is 6.08. The number of nitrogens with zero attached hydrogens (tertiary/aromatic N) is 3. The fourth-order valence-electron chi connectivity index (χ4n) is 1.97. The third-order valence-corrected chi connectivity index (χ3v) is 3.49. The average molecular weight is 314 g/mol. The monoisotopic (exact) mass is 313 g/mol. The summed E-state index contributed by atoms with van der Waals surface area (Å²) in [6.07, 6.45) is 0. The lowest BCUT2D eigenvalue weighted by atomic mass is 10.2. The molecule has 0 aliphatic carbocycles. The Morgan fingerprint density at radius 3 is 2.45 bits per heavy atom. The van der Waals surface area contributed by atoms with E-state index in [2.05, 4.69) is 10.2 Å². The summed E-state index contributed by atoms with van der Waals surface area (Å²) in [7, 11) is 1.65. The summed E-state index contributed by atoms with van der Waals surface area (Å²) in [5.74, 6) is -0.242. The van der Waals surface area contributed by atoms with Gasteiger partial charge in [0.2, 0.25) is 5.89 Å². The quantitative estimate of drug-likeness (QED) is 0.740. The van der Waals surface area contributed by atoms with Gasteiger partial charge in [-0.25, -0.2) is 0 Å². The number of anilines is 1. The molecule has 0 N–H and O–H groups in total. The molecular formula is C16H12ClN3O2. The van der Waals surface area contributed by atoms with Gasteiger partial charge in [0, 0.05) is 12.7 Å². The molecule has 1 amide bonds. The lowest BCUT2D eigenvalue weighted by molar-refractivity contribution is 0.0960. The van der Waals surface area contributed by atoms with Gasteiger partial charge in [-0.1, -0.05) is 41.9 Å². The predicted molar refractivity (Wildman–Crippen MR) is 83.9 cm³/mol. The van der Waals surface area contributed by atoms with E-state index < -0.39 is 0 Å². The molecule has 3 aromatic rings. The number of halogens is 1. The summed E-state index contributed by atoms with van der Waals surface area (Å²) in [4.78, 5) is 13.8. The van der Waals surface area contributed by atoms with Gasteiger partial charge < -0.3 is 9.32 Å². The molecular weight excluding hydrogens is 302 g/mol. The van der Waals surface area contributed by atoms with E-state index in [1.165, 1.54) is 4.90 Å². The number of hydrogen-bond acceptors (Lipinski definition) is 4. The summed E-state index contributed by atoms with van der Waals surface area (Å²) in [5.41, 5.74) is 1.34. The van der Waals surface area contributed by atoms with Crippen molar-refractivity contribution in [3.63, 3.8) is 0 Å². The molecule has 0 fully saturated rings. The molecule has 0 aliphatic rings. The molecule has 0 aliphatic heterocycles. The molecule has 3 rings (SSSR count). The average Bonchev–Trinajstić information content (AvgIpc) is 3.04. The van der Waals surface area contributed by atoms with Crippen LogP contribution in [0, 0.1) is 0 Å². The van der Waals surface area contributed by atoms with E-state index in [1.54, 1.807) is 25.2 Å². The third-order valence-electron chi connectivity index (χ3n) is 3.16. The Kier molecular flexibility index (Phi) is 3.89. The molecule has 0 radical (unpaired) electrons. The summed E-state index contributed by atoms with van der Waals surface area (Å²) < 4.78 is 5.46. The first-order valence-corrected chi connectivity index (χ1v) is 6.96. The second kappa shape index (κ2) is 5.99. The van der Waals surface area contributed by atoms with Crippen LogP contribution < -0.4 is 4.90 Å². The van der Waals surface area contributed by atoms with Crippen molar-refractivity contribution in [2.24, 2.45) is 0 Å². The Balaban J connectivity index is 1.88. The first-order valence-electron chi connectivity index (χ1n) is 6.58. The van der Waals surface area contributed by atoms with Gasteiger partial charge in [0.25, 0.3) is 0 Å². The lowest BCUT2D eigenvalue weighted by Crippen LogP contribution is -2.26. The van der Waals surface area contributed by atoms with Crippen molar-refractivity contribution in [2.45, 2.75) is 0 Å². The van der Waals surface area contributed by atoms with Crippen LogP contribution >= 0.6 is 11.6 Å². The van der Waals surface area contributed by atoms with E-state index in [4.69, 9.17) is 16.0 Å². The van der Waals surface area contributed by atoms with Crippen LogP contribution in [0.15, 0.2) is 59.0 Å². The van der Waals surface area contributed by atoms with Crippen LogP contribution in [0.1, 0.15) is 10.7 Å². The highest BCUT2D eigenvalue weighted by Gasteiger charge is 2.21. The first kappa shape index (κ1) is 14.3. The third kappa shape index (κ3) is 2.71. The number of rotatable bonds is 3. The van der Waals surface area contributed by atoms with Gasteiger partial charge in [-0.05, 0) is 24.3 Å². The number of amides is 1. The first-order chi connectivity index (χ1) is 10.7. The highest BCUT2D eigenvalue weighted by Crippen LogP contribution is 2.26. The number of benzene rings is 2. The molecule has 1 aromatic heterocycles. The van der Waals surface area contributed by atoms with Crippen molar-refractivity contribution < 1.29 is 9.21 Å². The Bertz CT molecular complexity index is 802. The second-order valence-electron chi connectivity index (χ2n) is 4.59. The van der Waals surface area contributed by atoms with Crippen LogP contribution in [0.25, 0.3) is 11.5 Å². The lowest BCUT2D eigenvalue weighted by Gasteiger charge is -2.14. The molecule has 0 bridgehead atoms. The molecule has 6 heteroatoms. The Hall–Kier alpha value is -2.66. The van der Waals surface area contributed by atoms with Crippen LogP contribution in [0.3, 0.4) is 0 Å². The standard InChI is InChI=1S/C16H12ClN3O2/c1-20(11-7-3-2-4-8-11)16(21)15-19-18-14(22-15)12-9-5-6-10-13(12)17/h2-10H,1H3. The predicted octanol–water partition coefficient (Wildman–Crippen LogP) is 3.67. The fourth-order valence-corrected chi connectivity index (χ4v) is 2.18. The van der Waals surface area contributed by atoms with Crippen molar-refractivity contribution in [2.75, 3.05) is 11.9 Å². The maximum absolute atomic E-state index is 12.4. The van der Waals surface area contributed by atoms with Crippen molar-refractivity contribution in [1.29, 1.82) is 0 Å². The number of para-hydroxylation sites is 1. The van der Waals surface area contributed by atoms with E-state index in [9.17, 15) is 4.79 Å². The Morgan fingerprint density at radius 1 is 1.05 bits per heavy atom. The van der Waals surface area contributed by atoms with Crippen LogP contribution in [-0.4, -0.2) is 23.2 Å². The SMILES string of the molecule is CN(C(=O)c1nnc(-c2ccccc2Cl)o1)c1ccccc1. The maximum atomic E-state index is 12.4. The molecule has 110 valence electrons. The molecule has 1 heterocycles. The van der Waals surface area contributed by atoms with Gasteiger partial charge in [0.15, 0.2) is 0 Å². The molecule has 0 unspecified atom stereocenters. The van der Waals surface area contributed by atoms with E-state index in [0.29, 0.717) is 10.6 Å². The highest BCUT2D eigenvalue weighted by atomic mass is 35.5. The minimum absolute atomic E-state index is 0.0822. The van der Waals surface area contributed by atoms with Gasteiger partial charge in [0.1, 0.15) is 0 Å². The van der Waals surface area contributed by atoms with E-state index in [1.807, 2.05) is 36.4 Å². The zero-order valence-electron chi connectivity index (χ0n) is 11.7. The summed E-state index contributed by atoms with van der Waals surface area (Å²) in [6.45, 7) is 0. The van der Waals surface area contributed by atoms with E-state index >= 15 is 0 Å². The van der Waals surface area contributed by atoms with E-state index in [-0.39, 0.29) is 17.7 Å². The zero-order chi connectivity index (χ0) is 15.5. The Morgan fingerprint density at radius 2 is 1.73 bits per heavy atom. The molecule has 0 spiro atoms. The minimum Gasteiger partial charge on any atom is -0.412 e. The molecule has 0 atom stereocenters. The van der Waals surface area contributed by atoms with Gasteiger partial charge in [0.05, 0.1) is 10.6 Å². The largest absolute Gasteiger partial charge is 0.412 e. The topological polar surface area (TPSA) is 59.2 Å². The Labute approximate surface area is 132 Å². The number of carbonyl (C=O) groups excluding carboxylic acids is 1. The normalized spacial score (nSPS) is 10.5. The maximum Gasteiger partial charge on any atom is 0.315 e. The molecule has 0 saturated heterocycles. The van der Waals surface area contributed by atoms with Gasteiger partial charge in [-0.15, -0.1) is 10.2 Å². The van der Waals surface area contributed by atoms with Crippen molar-refractivity contribution in [3.8, 4) is 11.5 Å². The van der Waals surface area contributed by atoms with Gasteiger partial charge in [-0.2, -0.15) is 0 Å². The molecule has 5 nitrogen and oxygen atoms in total. The molecule has 22 heavy (non-hydrogen) atoms. The van der Waals surface area contributed by atoms with Crippen molar-refractivity contribution >= 4 is 23.2 Å². The number of aromatic nitrogens is 2. The van der Waals surface area contributed by atoms with E-state index in [0.717, 1.165) is 5.69 Å². The smallest absolute Gasteiger partial charge is 0.315 e. The van der Waals surface area contributed by atoms with Gasteiger partial charge >= 0.3 is 11.8 Å². The summed E-state index contributed by atoms with van der Waals surface area (Å²) in [5, 5.41) is 8.20. The van der Waals surface area contributed by atoms with Gasteiger partial charge in [-0.3, -0.25) is 4.79 Å². The minimum atomic E-state index is -0.378. The number of carbonyl (C=O) groups is 1. The summed E-state index contributed by atoms with van der Waals surface area (Å²) in [6, 6.07) is 16.3. The molecule has 2 aromatic carbocycles. The number of hydrogen-bond donors (Lipinski definition) is 0. The molecule has 0 saturated carbocycles. The zero-order valence-corrected chi connectivity index (χ0v) is 12.5. The van der Waals surface area contributed by atoms with Crippen molar-refractivity contribution in [1.82, 2.24) is 10.2 Å². The second-order valence-corrected chi connectivity index (χ2v) is 5.00. The van der Waals surface area contributed by atoms with Crippen LogP contribution in [0.4, 0.5) is 5.69 Å². The fraction of sp³-hybridized carbons (Fsp3) is 0.0625. The van der Waals surface area contributed by atoms with Crippen LogP contribution in [0.2, 0.25) is 5.02 Å². The van der Waals surface area contributed by atoms with Crippen LogP contribution in [-0.2, 0) is 0 Å². The highest BCUT2D eigenvalue weighted by molar-refractivity contribution is 6.33.